The summed E-state index contributed by atoms with van der Waals surface area (Å²) in [7, 11) is 0. The summed E-state index contributed by atoms with van der Waals surface area (Å²) in [6.07, 6.45) is 0. The van der Waals surface area contributed by atoms with Crippen molar-refractivity contribution in [2.24, 2.45) is 5.73 Å². The van der Waals surface area contributed by atoms with Crippen LogP contribution in [0.3, 0.4) is 0 Å². The van der Waals surface area contributed by atoms with Crippen molar-refractivity contribution in [3.8, 4) is 0 Å². The highest BCUT2D eigenvalue weighted by molar-refractivity contribution is 5.96. The summed E-state index contributed by atoms with van der Waals surface area (Å²) in [5, 5.41) is 11.8. The normalized spacial score (nSPS) is 9.75. The maximum absolute atomic E-state index is 11.1. The van der Waals surface area contributed by atoms with Crippen LogP contribution in [0.4, 0.5) is 5.82 Å². The number of rotatable bonds is 3. The van der Waals surface area contributed by atoms with Gasteiger partial charge in [0.05, 0.1) is 0 Å². The van der Waals surface area contributed by atoms with Crippen molar-refractivity contribution in [3.05, 3.63) is 5.69 Å². The van der Waals surface area contributed by atoms with Crippen molar-refractivity contribution in [2.45, 2.75) is 0 Å². The van der Waals surface area contributed by atoms with Crippen LogP contribution in [0.25, 0.3) is 0 Å². The molecule has 1 aromatic rings. The highest BCUT2D eigenvalue weighted by atomic mass is 16.2. The monoisotopic (exact) mass is 170 g/mol. The predicted molar refractivity (Wildman–Crippen MR) is 42.2 cm³/mol. The molecule has 0 aliphatic carbocycles. The second-order valence-corrected chi connectivity index (χ2v) is 2.10. The Morgan fingerprint density at radius 1 is 1.58 bits per heavy atom. The zero-order chi connectivity index (χ0) is 8.97. The zero-order valence-corrected chi connectivity index (χ0v) is 6.37. The van der Waals surface area contributed by atoms with Crippen molar-refractivity contribution in [1.29, 1.82) is 0 Å². The van der Waals surface area contributed by atoms with Gasteiger partial charge >= 0.3 is 0 Å². The fourth-order valence-electron chi connectivity index (χ4n) is 0.676. The number of nitrogens with two attached hydrogens (primary N) is 2. The Balaban J connectivity index is 2.59. The van der Waals surface area contributed by atoms with Gasteiger partial charge in [0.25, 0.3) is 5.91 Å². The van der Waals surface area contributed by atoms with Gasteiger partial charge in [0.15, 0.2) is 11.5 Å². The molecule has 6 N–H and O–H groups in total. The first-order valence-corrected chi connectivity index (χ1v) is 3.40. The molecular weight excluding hydrogens is 160 g/mol. The standard InChI is InChI=1S/C5H10N6O/c6-1-2-8-5(12)3-4(7)10-11-9-3/h1-2,6H2,(H,8,12)(H3,7,9,10,11). The number of aromatic nitrogens is 3. The Kier molecular flexibility index (Phi) is 2.59. The van der Waals surface area contributed by atoms with E-state index in [4.69, 9.17) is 11.5 Å². The summed E-state index contributed by atoms with van der Waals surface area (Å²) < 4.78 is 0. The average Bonchev–Trinajstić information content (AvgIpc) is 2.47. The molecule has 12 heavy (non-hydrogen) atoms. The summed E-state index contributed by atoms with van der Waals surface area (Å²) in [6.45, 7) is 0.772. The maximum Gasteiger partial charge on any atom is 0.275 e. The first kappa shape index (κ1) is 8.47. The molecule has 0 unspecified atom stereocenters. The predicted octanol–water partition coefficient (Wildman–Crippen LogP) is -1.92. The molecule has 0 saturated carbocycles. The van der Waals surface area contributed by atoms with E-state index in [-0.39, 0.29) is 17.4 Å². The summed E-state index contributed by atoms with van der Waals surface area (Å²) in [5.41, 5.74) is 10.6. The lowest BCUT2D eigenvalue weighted by atomic mass is 10.4. The van der Waals surface area contributed by atoms with Crippen LogP contribution in [-0.2, 0) is 0 Å². The van der Waals surface area contributed by atoms with Crippen LogP contribution >= 0.6 is 0 Å². The summed E-state index contributed by atoms with van der Waals surface area (Å²) in [5.74, 6) is -0.281. The minimum Gasteiger partial charge on any atom is -0.380 e. The van der Waals surface area contributed by atoms with Gasteiger partial charge in [0.2, 0.25) is 0 Å². The molecular formula is C5H10N6O. The molecule has 0 aromatic carbocycles. The van der Waals surface area contributed by atoms with E-state index in [9.17, 15) is 4.79 Å². The number of anilines is 1. The molecule has 0 aliphatic rings. The number of nitrogens with zero attached hydrogens (tertiary/aromatic N) is 2. The van der Waals surface area contributed by atoms with E-state index in [0.717, 1.165) is 0 Å². The van der Waals surface area contributed by atoms with Gasteiger partial charge in [-0.3, -0.25) is 4.79 Å². The van der Waals surface area contributed by atoms with Crippen molar-refractivity contribution in [3.63, 3.8) is 0 Å². The number of H-pyrrole nitrogens is 1. The largest absolute Gasteiger partial charge is 0.380 e. The van der Waals surface area contributed by atoms with Crippen molar-refractivity contribution in [2.75, 3.05) is 18.8 Å². The lowest BCUT2D eigenvalue weighted by molar-refractivity contribution is 0.0950. The molecule has 7 heteroatoms. The molecule has 66 valence electrons. The molecule has 0 spiro atoms. The van der Waals surface area contributed by atoms with Gasteiger partial charge < -0.3 is 16.8 Å². The Labute approximate surface area is 68.5 Å². The minimum atomic E-state index is -0.369. The number of nitrogens with one attached hydrogen (secondary N) is 2. The molecule has 7 nitrogen and oxygen atoms in total. The van der Waals surface area contributed by atoms with E-state index in [2.05, 4.69) is 20.7 Å². The van der Waals surface area contributed by atoms with E-state index in [1.54, 1.807) is 0 Å². The summed E-state index contributed by atoms with van der Waals surface area (Å²) in [6, 6.07) is 0. The van der Waals surface area contributed by atoms with Crippen LogP contribution in [0.5, 0.6) is 0 Å². The number of hydrogen-bond donors (Lipinski definition) is 4. The quantitative estimate of drug-likeness (QED) is 0.421. The second kappa shape index (κ2) is 3.67. The van der Waals surface area contributed by atoms with Gasteiger partial charge in [-0.25, -0.2) is 0 Å². The smallest absolute Gasteiger partial charge is 0.275 e. The fourth-order valence-corrected chi connectivity index (χ4v) is 0.676. The molecule has 1 aromatic heterocycles. The lowest BCUT2D eigenvalue weighted by Crippen LogP contribution is -2.29. The number of amides is 1. The zero-order valence-electron chi connectivity index (χ0n) is 6.37. The molecule has 1 amide bonds. The van der Waals surface area contributed by atoms with Crippen LogP contribution in [0.1, 0.15) is 10.5 Å². The second-order valence-electron chi connectivity index (χ2n) is 2.10. The van der Waals surface area contributed by atoms with Crippen LogP contribution < -0.4 is 16.8 Å². The Bertz CT molecular complexity index is 269. The lowest BCUT2D eigenvalue weighted by Gasteiger charge is -1.98. The number of hydrogen-bond acceptors (Lipinski definition) is 5. The third-order valence-electron chi connectivity index (χ3n) is 1.22. The van der Waals surface area contributed by atoms with Gasteiger partial charge in [-0.2, -0.15) is 5.21 Å². The highest BCUT2D eigenvalue weighted by Gasteiger charge is 2.12. The molecule has 0 saturated heterocycles. The average molecular weight is 170 g/mol. The molecule has 0 atom stereocenters. The highest BCUT2D eigenvalue weighted by Crippen LogP contribution is 2.00. The first-order chi connectivity index (χ1) is 5.75. The fraction of sp³-hybridized carbons (Fsp3) is 0.400. The van der Waals surface area contributed by atoms with Crippen molar-refractivity contribution in [1.82, 2.24) is 20.7 Å². The minimum absolute atomic E-state index is 0.0875. The SMILES string of the molecule is NCCNC(=O)c1n[nH]nc1N. The molecule has 0 fully saturated rings. The maximum atomic E-state index is 11.1. The topological polar surface area (TPSA) is 123 Å². The Morgan fingerprint density at radius 3 is 2.83 bits per heavy atom. The van der Waals surface area contributed by atoms with E-state index in [0.29, 0.717) is 13.1 Å². The van der Waals surface area contributed by atoms with Crippen molar-refractivity contribution >= 4 is 11.7 Å². The Hall–Kier alpha value is -1.63. The summed E-state index contributed by atoms with van der Waals surface area (Å²) >= 11 is 0. The molecule has 1 rings (SSSR count). The number of aromatic amines is 1. The van der Waals surface area contributed by atoms with Gasteiger partial charge in [-0.1, -0.05) is 0 Å². The van der Waals surface area contributed by atoms with Gasteiger partial charge in [-0.15, -0.1) is 10.2 Å². The van der Waals surface area contributed by atoms with E-state index in [1.165, 1.54) is 0 Å². The van der Waals surface area contributed by atoms with E-state index < -0.39 is 0 Å². The molecule has 0 bridgehead atoms. The third-order valence-corrected chi connectivity index (χ3v) is 1.22. The van der Waals surface area contributed by atoms with Crippen LogP contribution in [-0.4, -0.2) is 34.4 Å². The van der Waals surface area contributed by atoms with Gasteiger partial charge in [0.1, 0.15) is 0 Å². The van der Waals surface area contributed by atoms with Crippen molar-refractivity contribution < 1.29 is 4.79 Å². The molecule has 1 heterocycles. The van der Waals surface area contributed by atoms with Gasteiger partial charge in [0, 0.05) is 13.1 Å². The van der Waals surface area contributed by atoms with E-state index >= 15 is 0 Å². The number of carbonyl (C=O) groups is 1. The molecule has 0 radical (unpaired) electrons. The van der Waals surface area contributed by atoms with E-state index in [1.807, 2.05) is 0 Å². The Morgan fingerprint density at radius 2 is 2.33 bits per heavy atom. The summed E-state index contributed by atoms with van der Waals surface area (Å²) in [4.78, 5) is 11.1. The molecule has 0 aliphatic heterocycles. The van der Waals surface area contributed by atoms with Crippen LogP contribution in [0, 0.1) is 0 Å². The van der Waals surface area contributed by atoms with Crippen LogP contribution in [0.2, 0.25) is 0 Å². The first-order valence-electron chi connectivity index (χ1n) is 3.40. The third kappa shape index (κ3) is 1.70. The number of carbonyl (C=O) groups excluding carboxylic acids is 1. The van der Waals surface area contributed by atoms with Gasteiger partial charge in [-0.05, 0) is 0 Å². The number of nitrogen functional groups attached to an aromatic ring is 1. The van der Waals surface area contributed by atoms with Crippen LogP contribution in [0.15, 0.2) is 0 Å².